The van der Waals surface area contributed by atoms with Crippen LogP contribution in [-0.4, -0.2) is 33.4 Å². The van der Waals surface area contributed by atoms with Crippen molar-refractivity contribution in [2.75, 3.05) is 31.7 Å². The molecule has 1 heterocycles. The number of sulfonamides is 1. The summed E-state index contributed by atoms with van der Waals surface area (Å²) >= 11 is 1.66. The van der Waals surface area contributed by atoms with E-state index in [9.17, 15) is 8.42 Å². The molecule has 2 aromatic rings. The molecule has 1 aromatic carbocycles. The Morgan fingerprint density at radius 2 is 2.05 bits per heavy atom. The highest BCUT2D eigenvalue weighted by Gasteiger charge is 2.21. The van der Waals surface area contributed by atoms with Crippen LogP contribution < -0.4 is 11.1 Å². The van der Waals surface area contributed by atoms with Crippen LogP contribution in [0.2, 0.25) is 0 Å². The van der Waals surface area contributed by atoms with Crippen LogP contribution in [0.3, 0.4) is 0 Å². The molecule has 114 valence electrons. The molecule has 21 heavy (non-hydrogen) atoms. The molecule has 0 atom stereocenters. The van der Waals surface area contributed by atoms with Gasteiger partial charge in [0.2, 0.25) is 10.0 Å². The van der Waals surface area contributed by atoms with E-state index in [0.29, 0.717) is 12.2 Å². The quantitative estimate of drug-likeness (QED) is 0.799. The fourth-order valence-electron chi connectivity index (χ4n) is 1.90. The molecule has 0 aliphatic rings. The average Bonchev–Trinajstić information content (AvgIpc) is 2.93. The van der Waals surface area contributed by atoms with E-state index >= 15 is 0 Å². The van der Waals surface area contributed by atoms with Crippen molar-refractivity contribution in [3.63, 3.8) is 0 Å². The minimum absolute atomic E-state index is 0.132. The molecule has 0 aliphatic carbocycles. The third-order valence-corrected chi connectivity index (χ3v) is 5.74. The molecule has 0 fully saturated rings. The Morgan fingerprint density at radius 1 is 1.29 bits per heavy atom. The van der Waals surface area contributed by atoms with Gasteiger partial charge in [0, 0.05) is 20.6 Å². The first-order valence-electron chi connectivity index (χ1n) is 6.49. The molecular weight excluding hydrogens is 306 g/mol. The van der Waals surface area contributed by atoms with Gasteiger partial charge in [0.05, 0.1) is 11.4 Å². The number of nitrogens with one attached hydrogen (secondary N) is 1. The van der Waals surface area contributed by atoms with Gasteiger partial charge in [0.15, 0.2) is 0 Å². The third-order valence-electron chi connectivity index (χ3n) is 3.13. The molecule has 1 aromatic heterocycles. The number of rotatable bonds is 6. The lowest BCUT2D eigenvalue weighted by Crippen LogP contribution is -2.23. The summed E-state index contributed by atoms with van der Waals surface area (Å²) in [7, 11) is -0.545. The number of nitrogens with zero attached hydrogens (tertiary/aromatic N) is 1. The molecule has 0 aliphatic heterocycles. The Kier molecular flexibility index (Phi) is 4.87. The zero-order valence-corrected chi connectivity index (χ0v) is 13.7. The van der Waals surface area contributed by atoms with Crippen LogP contribution in [0.4, 0.5) is 11.4 Å². The number of nitrogen functional groups attached to an aromatic ring is 1. The van der Waals surface area contributed by atoms with Crippen LogP contribution in [0.25, 0.3) is 0 Å². The molecule has 0 radical (unpaired) electrons. The van der Waals surface area contributed by atoms with Crippen molar-refractivity contribution in [1.29, 1.82) is 0 Å². The van der Waals surface area contributed by atoms with Gasteiger partial charge in [-0.3, -0.25) is 0 Å². The van der Waals surface area contributed by atoms with Gasteiger partial charge < -0.3 is 11.1 Å². The maximum Gasteiger partial charge on any atom is 0.244 e. The summed E-state index contributed by atoms with van der Waals surface area (Å²) in [6.45, 7) is 0.701. The van der Waals surface area contributed by atoms with Crippen molar-refractivity contribution in [3.8, 4) is 0 Å². The first-order valence-corrected chi connectivity index (χ1v) is 8.87. The number of benzene rings is 1. The lowest BCUT2D eigenvalue weighted by molar-refractivity contribution is 0.521. The van der Waals surface area contributed by atoms with E-state index in [1.807, 2.05) is 5.38 Å². The first kappa shape index (κ1) is 15.8. The maximum atomic E-state index is 12.2. The van der Waals surface area contributed by atoms with E-state index in [2.05, 4.69) is 16.8 Å². The molecular formula is C14H19N3O2S2. The summed E-state index contributed by atoms with van der Waals surface area (Å²) < 4.78 is 25.5. The average molecular weight is 325 g/mol. The van der Waals surface area contributed by atoms with Crippen molar-refractivity contribution in [3.05, 3.63) is 40.6 Å². The minimum Gasteiger partial charge on any atom is -0.396 e. The summed E-state index contributed by atoms with van der Waals surface area (Å²) in [6, 6.07) is 7.08. The van der Waals surface area contributed by atoms with E-state index in [1.54, 1.807) is 23.5 Å². The maximum absolute atomic E-state index is 12.2. The normalized spacial score (nSPS) is 11.8. The van der Waals surface area contributed by atoms with Crippen LogP contribution >= 0.6 is 11.3 Å². The molecule has 5 nitrogen and oxygen atoms in total. The smallest absolute Gasteiger partial charge is 0.244 e. The summed E-state index contributed by atoms with van der Waals surface area (Å²) in [5, 5.41) is 7.33. The molecule has 0 saturated carbocycles. The molecule has 0 unspecified atom stereocenters. The fourth-order valence-corrected chi connectivity index (χ4v) is 3.63. The van der Waals surface area contributed by atoms with Gasteiger partial charge in [0.1, 0.15) is 4.90 Å². The van der Waals surface area contributed by atoms with Crippen molar-refractivity contribution in [1.82, 2.24) is 4.31 Å². The van der Waals surface area contributed by atoms with E-state index < -0.39 is 10.0 Å². The number of hydrogen-bond acceptors (Lipinski definition) is 5. The van der Waals surface area contributed by atoms with Crippen LogP contribution in [0.5, 0.6) is 0 Å². The third kappa shape index (κ3) is 3.55. The molecule has 0 spiro atoms. The number of para-hydroxylation sites is 1. The molecule has 2 rings (SSSR count). The summed E-state index contributed by atoms with van der Waals surface area (Å²) in [5.41, 5.74) is 8.16. The SMILES string of the molecule is CN(C)S(=O)(=O)c1cccc(NCCc2ccsc2)c1N. The second-order valence-corrected chi connectivity index (χ2v) is 7.71. The van der Waals surface area contributed by atoms with E-state index in [4.69, 9.17) is 5.73 Å². The van der Waals surface area contributed by atoms with Crippen molar-refractivity contribution in [2.45, 2.75) is 11.3 Å². The number of thiophene rings is 1. The van der Waals surface area contributed by atoms with Gasteiger partial charge >= 0.3 is 0 Å². The summed E-state index contributed by atoms with van der Waals surface area (Å²) in [5.74, 6) is 0. The fraction of sp³-hybridized carbons (Fsp3) is 0.286. The summed E-state index contributed by atoms with van der Waals surface area (Å²) in [6.07, 6.45) is 0.869. The molecule has 0 amide bonds. The first-order chi connectivity index (χ1) is 9.93. The zero-order chi connectivity index (χ0) is 15.5. The van der Waals surface area contributed by atoms with Crippen LogP contribution in [0.1, 0.15) is 5.56 Å². The standard InChI is InChI=1S/C14H19N3O2S2/c1-17(2)21(18,19)13-5-3-4-12(14(13)15)16-8-6-11-7-9-20-10-11/h3-5,7,9-10,16H,6,8,15H2,1-2H3. The lowest BCUT2D eigenvalue weighted by atomic mass is 10.2. The Balaban J connectivity index is 2.14. The van der Waals surface area contributed by atoms with Crippen LogP contribution in [0.15, 0.2) is 39.9 Å². The second kappa shape index (κ2) is 6.46. The van der Waals surface area contributed by atoms with E-state index in [-0.39, 0.29) is 10.6 Å². The topological polar surface area (TPSA) is 75.4 Å². The molecule has 7 heteroatoms. The number of anilines is 2. The molecule has 3 N–H and O–H groups in total. The van der Waals surface area contributed by atoms with Gasteiger partial charge in [-0.25, -0.2) is 12.7 Å². The largest absolute Gasteiger partial charge is 0.396 e. The number of nitrogens with two attached hydrogens (primary N) is 1. The summed E-state index contributed by atoms with van der Waals surface area (Å²) in [4.78, 5) is 0.132. The lowest BCUT2D eigenvalue weighted by Gasteiger charge is -2.16. The van der Waals surface area contributed by atoms with E-state index in [0.717, 1.165) is 10.7 Å². The molecule has 0 saturated heterocycles. The Bertz CT molecular complexity index is 695. The van der Waals surface area contributed by atoms with Crippen molar-refractivity contribution in [2.24, 2.45) is 0 Å². The highest BCUT2D eigenvalue weighted by molar-refractivity contribution is 7.89. The van der Waals surface area contributed by atoms with Crippen LogP contribution in [-0.2, 0) is 16.4 Å². The van der Waals surface area contributed by atoms with Crippen molar-refractivity contribution < 1.29 is 8.42 Å². The zero-order valence-electron chi connectivity index (χ0n) is 12.0. The highest BCUT2D eigenvalue weighted by Crippen LogP contribution is 2.28. The highest BCUT2D eigenvalue weighted by atomic mass is 32.2. The predicted molar refractivity (Wildman–Crippen MR) is 88.2 cm³/mol. The monoisotopic (exact) mass is 325 g/mol. The second-order valence-electron chi connectivity index (χ2n) is 4.81. The van der Waals surface area contributed by atoms with Gasteiger partial charge in [0.25, 0.3) is 0 Å². The van der Waals surface area contributed by atoms with Gasteiger partial charge in [-0.2, -0.15) is 11.3 Å². The Labute approximate surface area is 129 Å². The van der Waals surface area contributed by atoms with Gasteiger partial charge in [-0.1, -0.05) is 6.07 Å². The van der Waals surface area contributed by atoms with Crippen LogP contribution in [0, 0.1) is 0 Å². The number of hydrogen-bond donors (Lipinski definition) is 2. The van der Waals surface area contributed by atoms with E-state index in [1.165, 1.54) is 25.7 Å². The predicted octanol–water partition coefficient (Wildman–Crippen LogP) is 2.24. The minimum atomic E-state index is -3.53. The Morgan fingerprint density at radius 3 is 2.67 bits per heavy atom. The molecule has 0 bridgehead atoms. The Hall–Kier alpha value is -1.57. The van der Waals surface area contributed by atoms with Crippen molar-refractivity contribution >= 4 is 32.7 Å². The van der Waals surface area contributed by atoms with Gasteiger partial charge in [-0.05, 0) is 40.9 Å². The van der Waals surface area contributed by atoms with Gasteiger partial charge in [-0.15, -0.1) is 0 Å².